The van der Waals surface area contributed by atoms with E-state index >= 15 is 0 Å². The number of rotatable bonds is 16. The number of piperidine rings is 1. The van der Waals surface area contributed by atoms with Gasteiger partial charge in [0.05, 0.1) is 0 Å². The summed E-state index contributed by atoms with van der Waals surface area (Å²) in [4.78, 5) is 11.9. The Morgan fingerprint density at radius 2 is 1.54 bits per heavy atom. The molecule has 1 rings (SSSR count). The normalized spacial score (nSPS) is 17.7. The summed E-state index contributed by atoms with van der Waals surface area (Å²) in [7, 11) is 0. The molecular weight excluding hydrogens is 320 g/mol. The van der Waals surface area contributed by atoms with Crippen LogP contribution in [-0.4, -0.2) is 25.0 Å². The SMILES string of the molecule is CCCCCCCCC=CCCCCCCCC(=O)NC1CCCNC1. The summed E-state index contributed by atoms with van der Waals surface area (Å²) in [6, 6.07) is 0.361. The van der Waals surface area contributed by atoms with E-state index in [9.17, 15) is 4.79 Å². The summed E-state index contributed by atoms with van der Waals surface area (Å²) in [5, 5.41) is 6.50. The van der Waals surface area contributed by atoms with Crippen molar-refractivity contribution in [2.45, 2.75) is 116 Å². The molecule has 1 amide bonds. The molecule has 1 aliphatic rings. The van der Waals surface area contributed by atoms with Crippen LogP contribution in [0, 0.1) is 0 Å². The Morgan fingerprint density at radius 1 is 0.923 bits per heavy atom. The molecule has 0 saturated carbocycles. The van der Waals surface area contributed by atoms with E-state index in [1.807, 2.05) is 0 Å². The van der Waals surface area contributed by atoms with Crippen molar-refractivity contribution in [3.05, 3.63) is 12.2 Å². The molecule has 1 saturated heterocycles. The highest BCUT2D eigenvalue weighted by Gasteiger charge is 2.14. The maximum atomic E-state index is 11.9. The molecule has 26 heavy (non-hydrogen) atoms. The quantitative estimate of drug-likeness (QED) is 0.265. The lowest BCUT2D eigenvalue weighted by atomic mass is 10.1. The molecule has 0 aromatic carbocycles. The number of hydrogen-bond acceptors (Lipinski definition) is 2. The minimum atomic E-state index is 0.247. The van der Waals surface area contributed by atoms with Gasteiger partial charge in [-0.05, 0) is 51.5 Å². The van der Waals surface area contributed by atoms with Crippen molar-refractivity contribution in [2.75, 3.05) is 13.1 Å². The molecule has 3 heteroatoms. The first-order valence-corrected chi connectivity index (χ1v) is 11.5. The first kappa shape index (κ1) is 23.2. The Bertz CT molecular complexity index is 348. The highest BCUT2D eigenvalue weighted by Crippen LogP contribution is 2.10. The van der Waals surface area contributed by atoms with E-state index in [4.69, 9.17) is 0 Å². The molecule has 0 aliphatic carbocycles. The Hall–Kier alpha value is -0.830. The van der Waals surface area contributed by atoms with Gasteiger partial charge in [-0.2, -0.15) is 0 Å². The summed E-state index contributed by atoms with van der Waals surface area (Å²) in [6.07, 6.45) is 24.7. The van der Waals surface area contributed by atoms with E-state index in [1.54, 1.807) is 0 Å². The molecule has 1 fully saturated rings. The lowest BCUT2D eigenvalue weighted by molar-refractivity contribution is -0.122. The number of amides is 1. The van der Waals surface area contributed by atoms with Crippen molar-refractivity contribution in [1.82, 2.24) is 10.6 Å². The van der Waals surface area contributed by atoms with E-state index in [1.165, 1.54) is 83.5 Å². The fourth-order valence-corrected chi connectivity index (χ4v) is 3.63. The molecule has 1 atom stereocenters. The van der Waals surface area contributed by atoms with Gasteiger partial charge in [-0.15, -0.1) is 0 Å². The number of allylic oxidation sites excluding steroid dienone is 2. The smallest absolute Gasteiger partial charge is 0.220 e. The Kier molecular flexibility index (Phi) is 15.7. The zero-order valence-corrected chi connectivity index (χ0v) is 17.4. The molecule has 2 N–H and O–H groups in total. The Balaban J connectivity index is 1.78. The Morgan fingerprint density at radius 3 is 2.15 bits per heavy atom. The molecule has 0 bridgehead atoms. The van der Waals surface area contributed by atoms with Crippen LogP contribution >= 0.6 is 0 Å². The monoisotopic (exact) mass is 364 g/mol. The molecule has 152 valence electrons. The van der Waals surface area contributed by atoms with Gasteiger partial charge in [0.25, 0.3) is 0 Å². The van der Waals surface area contributed by atoms with Crippen molar-refractivity contribution in [2.24, 2.45) is 0 Å². The van der Waals surface area contributed by atoms with E-state index in [-0.39, 0.29) is 5.91 Å². The number of carbonyl (C=O) groups excluding carboxylic acids is 1. The van der Waals surface area contributed by atoms with Crippen LogP contribution in [0.1, 0.15) is 110 Å². The predicted octanol–water partition coefficient (Wildman–Crippen LogP) is 5.89. The van der Waals surface area contributed by atoms with Gasteiger partial charge < -0.3 is 10.6 Å². The van der Waals surface area contributed by atoms with Crippen molar-refractivity contribution < 1.29 is 4.79 Å². The van der Waals surface area contributed by atoms with Gasteiger partial charge in [0.1, 0.15) is 0 Å². The van der Waals surface area contributed by atoms with Gasteiger partial charge in [0.2, 0.25) is 5.91 Å². The number of unbranched alkanes of at least 4 members (excludes halogenated alkanes) is 11. The molecule has 1 aliphatic heterocycles. The summed E-state index contributed by atoms with van der Waals surface area (Å²) in [5.41, 5.74) is 0. The highest BCUT2D eigenvalue weighted by molar-refractivity contribution is 5.76. The van der Waals surface area contributed by atoms with Crippen LogP contribution in [0.15, 0.2) is 12.2 Å². The van der Waals surface area contributed by atoms with Crippen LogP contribution in [0.5, 0.6) is 0 Å². The summed E-state index contributed by atoms with van der Waals surface area (Å²) >= 11 is 0. The van der Waals surface area contributed by atoms with Gasteiger partial charge in [0, 0.05) is 19.0 Å². The van der Waals surface area contributed by atoms with Crippen molar-refractivity contribution in [1.29, 1.82) is 0 Å². The number of carbonyl (C=O) groups is 1. The molecule has 1 unspecified atom stereocenters. The van der Waals surface area contributed by atoms with Crippen molar-refractivity contribution in [3.8, 4) is 0 Å². The summed E-state index contributed by atoms with van der Waals surface area (Å²) < 4.78 is 0. The fourth-order valence-electron chi connectivity index (χ4n) is 3.63. The second-order valence-electron chi connectivity index (χ2n) is 7.95. The van der Waals surface area contributed by atoms with Crippen LogP contribution in [0.25, 0.3) is 0 Å². The van der Waals surface area contributed by atoms with Gasteiger partial charge in [0.15, 0.2) is 0 Å². The second-order valence-corrected chi connectivity index (χ2v) is 7.95. The molecule has 0 aromatic rings. The van der Waals surface area contributed by atoms with Gasteiger partial charge in [-0.1, -0.05) is 70.4 Å². The molecule has 0 aromatic heterocycles. The summed E-state index contributed by atoms with van der Waals surface area (Å²) in [5.74, 6) is 0.247. The first-order valence-electron chi connectivity index (χ1n) is 11.5. The van der Waals surface area contributed by atoms with Crippen LogP contribution in [0.4, 0.5) is 0 Å². The van der Waals surface area contributed by atoms with Crippen molar-refractivity contribution >= 4 is 5.91 Å². The van der Waals surface area contributed by atoms with Crippen molar-refractivity contribution in [3.63, 3.8) is 0 Å². The second kappa shape index (κ2) is 17.6. The Labute approximate surface area is 162 Å². The van der Waals surface area contributed by atoms with E-state index < -0.39 is 0 Å². The van der Waals surface area contributed by atoms with Crippen LogP contribution in [-0.2, 0) is 4.79 Å². The van der Waals surface area contributed by atoms with Crippen LogP contribution < -0.4 is 10.6 Å². The zero-order chi connectivity index (χ0) is 18.7. The maximum Gasteiger partial charge on any atom is 0.220 e. The minimum Gasteiger partial charge on any atom is -0.352 e. The predicted molar refractivity (Wildman–Crippen MR) is 113 cm³/mol. The van der Waals surface area contributed by atoms with E-state index in [0.717, 1.165) is 25.9 Å². The third-order valence-corrected chi connectivity index (χ3v) is 5.33. The zero-order valence-electron chi connectivity index (χ0n) is 17.4. The third-order valence-electron chi connectivity index (χ3n) is 5.33. The molecular formula is C23H44N2O. The average Bonchev–Trinajstić information content (AvgIpc) is 2.65. The van der Waals surface area contributed by atoms with Gasteiger partial charge in [-0.3, -0.25) is 4.79 Å². The third kappa shape index (κ3) is 14.4. The fraction of sp³-hybridized carbons (Fsp3) is 0.870. The van der Waals surface area contributed by atoms with Crippen LogP contribution in [0.2, 0.25) is 0 Å². The summed E-state index contributed by atoms with van der Waals surface area (Å²) in [6.45, 7) is 4.31. The first-order chi connectivity index (χ1) is 12.8. The molecule has 3 nitrogen and oxygen atoms in total. The average molecular weight is 365 g/mol. The van der Waals surface area contributed by atoms with E-state index in [0.29, 0.717) is 12.5 Å². The minimum absolute atomic E-state index is 0.247. The number of nitrogens with one attached hydrogen (secondary N) is 2. The number of hydrogen-bond donors (Lipinski definition) is 2. The highest BCUT2D eigenvalue weighted by atomic mass is 16.1. The van der Waals surface area contributed by atoms with E-state index in [2.05, 4.69) is 29.7 Å². The van der Waals surface area contributed by atoms with Crippen LogP contribution in [0.3, 0.4) is 0 Å². The maximum absolute atomic E-state index is 11.9. The van der Waals surface area contributed by atoms with Gasteiger partial charge in [-0.25, -0.2) is 0 Å². The lowest BCUT2D eigenvalue weighted by Crippen LogP contribution is -2.45. The van der Waals surface area contributed by atoms with Gasteiger partial charge >= 0.3 is 0 Å². The molecule has 1 heterocycles. The molecule has 0 radical (unpaired) electrons. The standard InChI is InChI=1S/C23H44N2O/c1-2-3-4-5-6-7-8-9-10-11-12-13-14-15-16-19-23(26)25-22-18-17-20-24-21-22/h9-10,22,24H,2-8,11-21H2,1H3,(H,25,26). The topological polar surface area (TPSA) is 41.1 Å². The largest absolute Gasteiger partial charge is 0.352 e. The molecule has 0 spiro atoms. The lowest BCUT2D eigenvalue weighted by Gasteiger charge is -2.23.